The fourth-order valence-electron chi connectivity index (χ4n) is 1.82. The summed E-state index contributed by atoms with van der Waals surface area (Å²) in [5, 5.41) is 0. The molecule has 112 valence electrons. The standard InChI is InChI=1S/C13H12F4N4/c1-2-8-6-11(21-18)20-12(19-8)9-5-7(14)3-4-10(9)13(15,16)17/h3-6H,2,18H2,1H3,(H,19,20,21). The monoisotopic (exact) mass is 300 g/mol. The Hall–Kier alpha value is -2.22. The second kappa shape index (κ2) is 5.65. The van der Waals surface area contributed by atoms with Crippen LogP contribution in [0.15, 0.2) is 24.3 Å². The molecule has 1 aromatic heterocycles. The Bertz CT molecular complexity index is 633. The highest BCUT2D eigenvalue weighted by molar-refractivity contribution is 5.63. The molecule has 0 aliphatic rings. The van der Waals surface area contributed by atoms with E-state index in [1.54, 1.807) is 6.92 Å². The van der Waals surface area contributed by atoms with E-state index in [4.69, 9.17) is 5.84 Å². The van der Waals surface area contributed by atoms with Crippen LogP contribution >= 0.6 is 0 Å². The molecule has 0 unspecified atom stereocenters. The first-order valence-electron chi connectivity index (χ1n) is 6.07. The maximum Gasteiger partial charge on any atom is 0.417 e. The molecule has 8 heteroatoms. The van der Waals surface area contributed by atoms with E-state index in [1.807, 2.05) is 0 Å². The molecule has 0 atom stereocenters. The molecule has 3 N–H and O–H groups in total. The van der Waals surface area contributed by atoms with E-state index < -0.39 is 23.1 Å². The molecule has 0 bridgehead atoms. The van der Waals surface area contributed by atoms with Gasteiger partial charge >= 0.3 is 6.18 Å². The van der Waals surface area contributed by atoms with Gasteiger partial charge in [-0.1, -0.05) is 6.92 Å². The van der Waals surface area contributed by atoms with Gasteiger partial charge in [0.25, 0.3) is 0 Å². The van der Waals surface area contributed by atoms with Crippen LogP contribution in [-0.4, -0.2) is 9.97 Å². The Labute approximate surface area is 118 Å². The number of benzene rings is 1. The minimum atomic E-state index is -4.63. The highest BCUT2D eigenvalue weighted by atomic mass is 19.4. The Morgan fingerprint density at radius 3 is 2.48 bits per heavy atom. The average Bonchev–Trinajstić information content (AvgIpc) is 2.45. The second-order valence-electron chi connectivity index (χ2n) is 4.25. The van der Waals surface area contributed by atoms with Gasteiger partial charge in [0.05, 0.1) is 5.56 Å². The maximum absolute atomic E-state index is 13.3. The number of halogens is 4. The lowest BCUT2D eigenvalue weighted by molar-refractivity contribution is -0.137. The number of aromatic nitrogens is 2. The van der Waals surface area contributed by atoms with E-state index in [2.05, 4.69) is 15.4 Å². The van der Waals surface area contributed by atoms with Crippen molar-refractivity contribution in [3.8, 4) is 11.4 Å². The molecule has 21 heavy (non-hydrogen) atoms. The number of nitrogen functional groups attached to an aromatic ring is 1. The molecular weight excluding hydrogens is 288 g/mol. The Kier molecular flexibility index (Phi) is 4.08. The van der Waals surface area contributed by atoms with Gasteiger partial charge in [0.15, 0.2) is 5.82 Å². The Morgan fingerprint density at radius 2 is 1.90 bits per heavy atom. The van der Waals surface area contributed by atoms with Crippen LogP contribution in [0, 0.1) is 5.82 Å². The first-order chi connectivity index (χ1) is 9.85. The van der Waals surface area contributed by atoms with Gasteiger partial charge in [-0.15, -0.1) is 0 Å². The summed E-state index contributed by atoms with van der Waals surface area (Å²) in [6.07, 6.45) is -4.16. The third kappa shape index (κ3) is 3.27. The summed E-state index contributed by atoms with van der Waals surface area (Å²) in [6.45, 7) is 1.78. The number of rotatable bonds is 3. The molecule has 0 aliphatic heterocycles. The van der Waals surface area contributed by atoms with E-state index in [-0.39, 0.29) is 11.6 Å². The molecule has 4 nitrogen and oxygen atoms in total. The summed E-state index contributed by atoms with van der Waals surface area (Å²) in [7, 11) is 0. The molecule has 0 aliphatic carbocycles. The number of nitrogens with zero attached hydrogens (tertiary/aromatic N) is 2. The maximum atomic E-state index is 13.3. The molecule has 1 aromatic carbocycles. The highest BCUT2D eigenvalue weighted by Gasteiger charge is 2.34. The molecule has 2 aromatic rings. The van der Waals surface area contributed by atoms with E-state index in [0.717, 1.165) is 12.1 Å². The molecule has 0 saturated heterocycles. The number of hydrogen-bond donors (Lipinski definition) is 2. The third-order valence-corrected chi connectivity index (χ3v) is 2.82. The van der Waals surface area contributed by atoms with Crippen molar-refractivity contribution in [3.63, 3.8) is 0 Å². The van der Waals surface area contributed by atoms with Crippen molar-refractivity contribution in [2.75, 3.05) is 5.43 Å². The summed E-state index contributed by atoms with van der Waals surface area (Å²) in [5.41, 5.74) is 1.33. The fraction of sp³-hybridized carbons (Fsp3) is 0.231. The summed E-state index contributed by atoms with van der Waals surface area (Å²) < 4.78 is 52.4. The van der Waals surface area contributed by atoms with Gasteiger partial charge in [-0.2, -0.15) is 13.2 Å². The Morgan fingerprint density at radius 1 is 1.19 bits per heavy atom. The molecule has 0 radical (unpaired) electrons. The lowest BCUT2D eigenvalue weighted by Gasteiger charge is -2.13. The number of anilines is 1. The molecule has 0 spiro atoms. The van der Waals surface area contributed by atoms with Crippen LogP contribution in [0.5, 0.6) is 0 Å². The first kappa shape index (κ1) is 15.2. The van der Waals surface area contributed by atoms with Gasteiger partial charge in [-0.3, -0.25) is 0 Å². The molecule has 1 heterocycles. The highest BCUT2D eigenvalue weighted by Crippen LogP contribution is 2.36. The van der Waals surface area contributed by atoms with Crippen LogP contribution in [0.4, 0.5) is 23.4 Å². The van der Waals surface area contributed by atoms with E-state index in [1.165, 1.54) is 6.07 Å². The topological polar surface area (TPSA) is 63.8 Å². The van der Waals surface area contributed by atoms with Crippen molar-refractivity contribution in [1.29, 1.82) is 0 Å². The number of hydrogen-bond acceptors (Lipinski definition) is 4. The normalized spacial score (nSPS) is 11.5. The van der Waals surface area contributed by atoms with Gasteiger partial charge in [-0.05, 0) is 24.6 Å². The van der Waals surface area contributed by atoms with Crippen molar-refractivity contribution >= 4 is 5.82 Å². The van der Waals surface area contributed by atoms with Crippen molar-refractivity contribution in [2.45, 2.75) is 19.5 Å². The van der Waals surface area contributed by atoms with E-state index in [0.29, 0.717) is 18.2 Å². The summed E-state index contributed by atoms with van der Waals surface area (Å²) in [6, 6.07) is 3.69. The molecular formula is C13H12F4N4. The lowest BCUT2D eigenvalue weighted by Crippen LogP contribution is -2.12. The number of hydrazine groups is 1. The van der Waals surface area contributed by atoms with Gasteiger partial charge in [0, 0.05) is 17.3 Å². The summed E-state index contributed by atoms with van der Waals surface area (Å²) in [4.78, 5) is 7.88. The van der Waals surface area contributed by atoms with Crippen LogP contribution in [0.3, 0.4) is 0 Å². The number of aryl methyl sites for hydroxylation is 1. The SMILES string of the molecule is CCc1cc(NN)nc(-c2cc(F)ccc2C(F)(F)F)n1. The lowest BCUT2D eigenvalue weighted by atomic mass is 10.1. The van der Waals surface area contributed by atoms with Crippen molar-refractivity contribution in [2.24, 2.45) is 5.84 Å². The van der Waals surface area contributed by atoms with Gasteiger partial charge in [-0.25, -0.2) is 20.2 Å². The molecule has 2 rings (SSSR count). The first-order valence-corrected chi connectivity index (χ1v) is 6.07. The third-order valence-electron chi connectivity index (χ3n) is 2.82. The minimum absolute atomic E-state index is 0.161. The number of nitrogens with two attached hydrogens (primary N) is 1. The smallest absolute Gasteiger partial charge is 0.308 e. The average molecular weight is 300 g/mol. The van der Waals surface area contributed by atoms with Crippen molar-refractivity contribution < 1.29 is 17.6 Å². The Balaban J connectivity index is 2.68. The molecule has 0 fully saturated rings. The van der Waals surface area contributed by atoms with Crippen LogP contribution in [0.25, 0.3) is 11.4 Å². The zero-order chi connectivity index (χ0) is 15.6. The van der Waals surface area contributed by atoms with Crippen LogP contribution in [0.1, 0.15) is 18.2 Å². The van der Waals surface area contributed by atoms with E-state index in [9.17, 15) is 17.6 Å². The fourth-order valence-corrected chi connectivity index (χ4v) is 1.82. The van der Waals surface area contributed by atoms with Crippen LogP contribution in [0.2, 0.25) is 0 Å². The largest absolute Gasteiger partial charge is 0.417 e. The van der Waals surface area contributed by atoms with E-state index >= 15 is 0 Å². The van der Waals surface area contributed by atoms with Crippen molar-refractivity contribution in [3.05, 3.63) is 41.3 Å². The summed E-state index contributed by atoms with van der Waals surface area (Å²) in [5.74, 6) is 4.37. The predicted molar refractivity (Wildman–Crippen MR) is 69.6 cm³/mol. The van der Waals surface area contributed by atoms with Crippen molar-refractivity contribution in [1.82, 2.24) is 9.97 Å². The molecule has 0 amide bonds. The van der Waals surface area contributed by atoms with Crippen LogP contribution in [-0.2, 0) is 12.6 Å². The van der Waals surface area contributed by atoms with Gasteiger partial charge in [0.2, 0.25) is 0 Å². The van der Waals surface area contributed by atoms with Gasteiger partial charge < -0.3 is 5.43 Å². The number of alkyl halides is 3. The van der Waals surface area contributed by atoms with Crippen LogP contribution < -0.4 is 11.3 Å². The number of nitrogens with one attached hydrogen (secondary N) is 1. The van der Waals surface area contributed by atoms with Gasteiger partial charge in [0.1, 0.15) is 11.6 Å². The summed E-state index contributed by atoms with van der Waals surface area (Å²) >= 11 is 0. The molecule has 0 saturated carbocycles. The zero-order valence-corrected chi connectivity index (χ0v) is 11.0. The quantitative estimate of drug-likeness (QED) is 0.519. The minimum Gasteiger partial charge on any atom is -0.308 e. The predicted octanol–water partition coefficient (Wildman–Crippen LogP) is 3.15. The second-order valence-corrected chi connectivity index (χ2v) is 4.25. The zero-order valence-electron chi connectivity index (χ0n) is 11.0.